The molecule has 0 aliphatic rings. The molecule has 0 atom stereocenters. The molecule has 0 heterocycles. The van der Waals surface area contributed by atoms with Crippen molar-refractivity contribution in [3.63, 3.8) is 0 Å². The van der Waals surface area contributed by atoms with Gasteiger partial charge in [-0.05, 0) is 19.1 Å². The summed E-state index contributed by atoms with van der Waals surface area (Å²) in [7, 11) is 0. The number of esters is 1. The van der Waals surface area contributed by atoms with Crippen LogP contribution in [-0.4, -0.2) is 17.5 Å². The lowest BCUT2D eigenvalue weighted by atomic mass is 10.2. The third-order valence-corrected chi connectivity index (χ3v) is 1.50. The van der Waals surface area contributed by atoms with Gasteiger partial charge in [-0.2, -0.15) is 0 Å². The van der Waals surface area contributed by atoms with Gasteiger partial charge < -0.3 is 4.74 Å². The minimum atomic E-state index is -0.584. The van der Waals surface area contributed by atoms with E-state index in [-0.39, 0.29) is 17.9 Å². The van der Waals surface area contributed by atoms with Gasteiger partial charge in [0.15, 0.2) is 0 Å². The molecular weight excluding hydrogens is 186 g/mol. The Balaban J connectivity index is 2.93. The minimum absolute atomic E-state index is 0.140. The van der Waals surface area contributed by atoms with Crippen LogP contribution in [0.4, 0.5) is 5.69 Å². The first kappa shape index (κ1) is 10.2. The molecule has 0 aliphatic carbocycles. The maximum atomic E-state index is 11.2. The van der Waals surface area contributed by atoms with Crippen LogP contribution in [0.15, 0.2) is 18.2 Å². The van der Waals surface area contributed by atoms with Gasteiger partial charge in [-0.15, -0.1) is 0 Å². The van der Waals surface area contributed by atoms with Crippen LogP contribution < -0.4 is 0 Å². The van der Waals surface area contributed by atoms with E-state index in [1.165, 1.54) is 12.1 Å². The molecule has 73 valence electrons. The lowest BCUT2D eigenvalue weighted by molar-refractivity contribution is -0.384. The number of hydrogen-bond acceptors (Lipinski definition) is 4. The first-order chi connectivity index (χ1) is 6.65. The zero-order valence-electron chi connectivity index (χ0n) is 7.52. The van der Waals surface area contributed by atoms with E-state index in [0.29, 0.717) is 0 Å². The molecule has 0 spiro atoms. The van der Waals surface area contributed by atoms with E-state index < -0.39 is 10.9 Å². The van der Waals surface area contributed by atoms with Crippen LogP contribution in [0.5, 0.6) is 0 Å². The minimum Gasteiger partial charge on any atom is -0.462 e. The summed E-state index contributed by atoms with van der Waals surface area (Å²) >= 11 is 0. The Kier molecular flexibility index (Phi) is 3.17. The van der Waals surface area contributed by atoms with Crippen molar-refractivity contribution in [3.8, 4) is 0 Å². The fraction of sp³-hybridized carbons (Fsp3) is 0.222. The highest BCUT2D eigenvalue weighted by Crippen LogP contribution is 2.13. The third kappa shape index (κ3) is 2.29. The quantitative estimate of drug-likeness (QED) is 0.416. The molecule has 14 heavy (non-hydrogen) atoms. The fourth-order valence-electron chi connectivity index (χ4n) is 0.897. The SMILES string of the molecule is CCOC(=O)c1c[c]cc([N+](=O)[O-])c1. The predicted molar refractivity (Wildman–Crippen MR) is 47.9 cm³/mol. The first-order valence-corrected chi connectivity index (χ1v) is 3.97. The van der Waals surface area contributed by atoms with E-state index in [1.807, 2.05) is 0 Å². The van der Waals surface area contributed by atoms with Gasteiger partial charge in [0.1, 0.15) is 0 Å². The third-order valence-electron chi connectivity index (χ3n) is 1.50. The van der Waals surface area contributed by atoms with Gasteiger partial charge in [0, 0.05) is 12.1 Å². The van der Waals surface area contributed by atoms with Crippen molar-refractivity contribution in [2.45, 2.75) is 6.92 Å². The molecule has 0 N–H and O–H groups in total. The van der Waals surface area contributed by atoms with Gasteiger partial charge >= 0.3 is 5.97 Å². The van der Waals surface area contributed by atoms with Crippen molar-refractivity contribution >= 4 is 11.7 Å². The van der Waals surface area contributed by atoms with Gasteiger partial charge in [0.25, 0.3) is 5.69 Å². The van der Waals surface area contributed by atoms with E-state index >= 15 is 0 Å². The Bertz CT molecular complexity index is 362. The average molecular weight is 194 g/mol. The lowest BCUT2D eigenvalue weighted by Gasteiger charge is -2.00. The molecule has 1 rings (SSSR count). The van der Waals surface area contributed by atoms with Gasteiger partial charge in [0.2, 0.25) is 0 Å². The van der Waals surface area contributed by atoms with Gasteiger partial charge in [-0.25, -0.2) is 4.79 Å². The Labute approximate surface area is 80.5 Å². The molecule has 5 nitrogen and oxygen atoms in total. The fourth-order valence-corrected chi connectivity index (χ4v) is 0.897. The molecule has 1 aromatic carbocycles. The molecule has 5 heteroatoms. The van der Waals surface area contributed by atoms with Crippen LogP contribution in [0, 0.1) is 16.2 Å². The van der Waals surface area contributed by atoms with Crippen molar-refractivity contribution in [3.05, 3.63) is 39.9 Å². The summed E-state index contributed by atoms with van der Waals surface area (Å²) in [5.41, 5.74) is -0.0309. The Hall–Kier alpha value is -1.91. The molecule has 0 saturated carbocycles. The summed E-state index contributed by atoms with van der Waals surface area (Å²) in [5.74, 6) is -0.576. The second-order valence-electron chi connectivity index (χ2n) is 2.46. The topological polar surface area (TPSA) is 69.4 Å². The Morgan fingerprint density at radius 3 is 2.93 bits per heavy atom. The van der Waals surface area contributed by atoms with Crippen LogP contribution in [-0.2, 0) is 4.74 Å². The highest BCUT2D eigenvalue weighted by atomic mass is 16.6. The second-order valence-corrected chi connectivity index (χ2v) is 2.46. The molecular formula is C9H8NO4. The highest BCUT2D eigenvalue weighted by molar-refractivity contribution is 5.90. The highest BCUT2D eigenvalue weighted by Gasteiger charge is 2.11. The predicted octanol–water partition coefficient (Wildman–Crippen LogP) is 1.57. The number of carbonyl (C=O) groups is 1. The summed E-state index contributed by atoms with van der Waals surface area (Å²) in [4.78, 5) is 20.9. The van der Waals surface area contributed by atoms with Crippen LogP contribution in [0.25, 0.3) is 0 Å². The van der Waals surface area contributed by atoms with Crippen LogP contribution in [0.3, 0.4) is 0 Å². The van der Waals surface area contributed by atoms with Crippen LogP contribution in [0.1, 0.15) is 17.3 Å². The number of non-ortho nitro benzene ring substituents is 1. The van der Waals surface area contributed by atoms with E-state index in [2.05, 4.69) is 10.8 Å². The standard InChI is InChI=1S/C9H8NO4/c1-2-14-9(11)7-4-3-5-8(6-7)10(12)13/h4-6H,2H2,1H3. The normalized spacial score (nSPS) is 9.50. The summed E-state index contributed by atoms with van der Waals surface area (Å²) in [6, 6.07) is 6.22. The zero-order valence-corrected chi connectivity index (χ0v) is 7.52. The number of nitro groups is 1. The summed E-state index contributed by atoms with van der Waals surface area (Å²) in [5, 5.41) is 10.4. The lowest BCUT2D eigenvalue weighted by Crippen LogP contribution is -2.04. The number of rotatable bonds is 3. The Morgan fingerprint density at radius 2 is 2.36 bits per heavy atom. The number of ether oxygens (including phenoxy) is 1. The van der Waals surface area contributed by atoms with Gasteiger partial charge in [0.05, 0.1) is 17.1 Å². The van der Waals surface area contributed by atoms with Crippen LogP contribution >= 0.6 is 0 Å². The van der Waals surface area contributed by atoms with Crippen molar-refractivity contribution in [2.75, 3.05) is 6.61 Å². The van der Waals surface area contributed by atoms with Crippen molar-refractivity contribution in [1.82, 2.24) is 0 Å². The van der Waals surface area contributed by atoms with E-state index in [4.69, 9.17) is 0 Å². The van der Waals surface area contributed by atoms with Crippen molar-refractivity contribution in [1.29, 1.82) is 0 Å². The molecule has 0 aliphatic heterocycles. The number of benzene rings is 1. The second kappa shape index (κ2) is 4.36. The zero-order chi connectivity index (χ0) is 10.6. The maximum absolute atomic E-state index is 11.2. The Morgan fingerprint density at radius 1 is 1.64 bits per heavy atom. The number of nitro benzene ring substituents is 1. The molecule has 0 unspecified atom stereocenters. The van der Waals surface area contributed by atoms with Crippen LogP contribution in [0.2, 0.25) is 0 Å². The summed E-state index contributed by atoms with van der Waals surface area (Å²) in [6.07, 6.45) is 0. The molecule has 0 fully saturated rings. The van der Waals surface area contributed by atoms with E-state index in [9.17, 15) is 14.9 Å². The molecule has 0 saturated heterocycles. The van der Waals surface area contributed by atoms with Crippen molar-refractivity contribution < 1.29 is 14.5 Å². The number of hydrogen-bond donors (Lipinski definition) is 0. The molecule has 1 radical (unpaired) electrons. The van der Waals surface area contributed by atoms with Gasteiger partial charge in [-0.1, -0.05) is 0 Å². The monoisotopic (exact) mass is 194 g/mol. The molecule has 0 bridgehead atoms. The summed E-state index contributed by atoms with van der Waals surface area (Å²) in [6.45, 7) is 1.90. The number of nitrogens with zero attached hydrogens (tertiary/aromatic N) is 1. The average Bonchev–Trinajstić information content (AvgIpc) is 2.18. The largest absolute Gasteiger partial charge is 0.462 e. The number of carbonyl (C=O) groups excluding carboxylic acids is 1. The van der Waals surface area contributed by atoms with Crippen molar-refractivity contribution in [2.24, 2.45) is 0 Å². The molecule has 1 aromatic rings. The summed E-state index contributed by atoms with van der Waals surface area (Å²) < 4.78 is 4.68. The first-order valence-electron chi connectivity index (χ1n) is 3.97. The molecule has 0 aromatic heterocycles. The van der Waals surface area contributed by atoms with E-state index in [1.54, 1.807) is 6.92 Å². The smallest absolute Gasteiger partial charge is 0.338 e. The van der Waals surface area contributed by atoms with E-state index in [0.717, 1.165) is 6.07 Å². The molecule has 0 amide bonds. The van der Waals surface area contributed by atoms with Gasteiger partial charge in [-0.3, -0.25) is 10.1 Å². The maximum Gasteiger partial charge on any atom is 0.338 e.